The van der Waals surface area contributed by atoms with E-state index in [0.29, 0.717) is 12.5 Å². The molecule has 2 unspecified atom stereocenters. The summed E-state index contributed by atoms with van der Waals surface area (Å²) in [5.41, 5.74) is -0.274. The van der Waals surface area contributed by atoms with Gasteiger partial charge in [0, 0.05) is 19.3 Å². The smallest absolute Gasteiger partial charge is 0.175 e. The van der Waals surface area contributed by atoms with Crippen LogP contribution in [0.5, 0.6) is 0 Å². The van der Waals surface area contributed by atoms with Gasteiger partial charge in [0.1, 0.15) is 0 Å². The van der Waals surface area contributed by atoms with Crippen LogP contribution in [0.15, 0.2) is 29.2 Å². The molecule has 0 aliphatic heterocycles. The van der Waals surface area contributed by atoms with Crippen LogP contribution < -0.4 is 0 Å². The van der Waals surface area contributed by atoms with Crippen LogP contribution >= 0.6 is 0 Å². The minimum absolute atomic E-state index is 0.273. The van der Waals surface area contributed by atoms with Crippen LogP contribution in [0.3, 0.4) is 0 Å². The molecule has 0 aliphatic rings. The number of benzene rings is 1. The van der Waals surface area contributed by atoms with E-state index in [1.165, 1.54) is 6.26 Å². The first kappa shape index (κ1) is 18.1. The zero-order valence-electron chi connectivity index (χ0n) is 13.6. The van der Waals surface area contributed by atoms with E-state index in [1.807, 2.05) is 7.05 Å². The minimum atomic E-state index is -3.20. The summed E-state index contributed by atoms with van der Waals surface area (Å²) in [6.45, 7) is 7.53. The van der Waals surface area contributed by atoms with Crippen LogP contribution in [0, 0.1) is 5.92 Å². The maximum absolute atomic E-state index is 11.5. The zero-order chi connectivity index (χ0) is 16.3. The van der Waals surface area contributed by atoms with Gasteiger partial charge in [-0.15, -0.1) is 0 Å². The lowest BCUT2D eigenvalue weighted by Crippen LogP contribution is -2.38. The van der Waals surface area contributed by atoms with Crippen LogP contribution in [0.4, 0.5) is 0 Å². The standard InChI is InChI=1S/C16H27NO3S/c1-6-13(2)11-17(4)12-16(3,18)14-7-9-15(10-8-14)21(5,19)20/h7-10,13,18H,6,11-12H2,1-5H3. The highest BCUT2D eigenvalue weighted by atomic mass is 32.2. The molecule has 1 aromatic rings. The van der Waals surface area contributed by atoms with Crippen molar-refractivity contribution in [1.29, 1.82) is 0 Å². The Hall–Kier alpha value is -0.910. The highest BCUT2D eigenvalue weighted by Crippen LogP contribution is 2.23. The number of aliphatic hydroxyl groups is 1. The summed E-state index contributed by atoms with van der Waals surface area (Å²) in [7, 11) is -1.21. The summed E-state index contributed by atoms with van der Waals surface area (Å²) >= 11 is 0. The molecule has 0 saturated carbocycles. The number of nitrogens with zero attached hydrogens (tertiary/aromatic N) is 1. The van der Waals surface area contributed by atoms with Gasteiger partial charge in [-0.3, -0.25) is 0 Å². The third-order valence-electron chi connectivity index (χ3n) is 3.80. The fourth-order valence-corrected chi connectivity index (χ4v) is 3.03. The highest BCUT2D eigenvalue weighted by Gasteiger charge is 2.25. The first-order valence-electron chi connectivity index (χ1n) is 7.27. The molecule has 0 aromatic heterocycles. The Kier molecular flexibility index (Phi) is 5.96. The molecule has 1 rings (SSSR count). The van der Waals surface area contributed by atoms with E-state index in [1.54, 1.807) is 31.2 Å². The Morgan fingerprint density at radius 2 is 1.81 bits per heavy atom. The second-order valence-corrected chi connectivity index (χ2v) is 8.30. The molecule has 4 nitrogen and oxygen atoms in total. The molecule has 0 radical (unpaired) electrons. The van der Waals surface area contributed by atoms with Gasteiger partial charge in [0.05, 0.1) is 10.5 Å². The second-order valence-electron chi connectivity index (χ2n) is 6.28. The van der Waals surface area contributed by atoms with Gasteiger partial charge in [-0.05, 0) is 37.6 Å². The van der Waals surface area contributed by atoms with Gasteiger partial charge in [-0.2, -0.15) is 0 Å². The van der Waals surface area contributed by atoms with E-state index in [4.69, 9.17) is 0 Å². The number of hydrogen-bond acceptors (Lipinski definition) is 4. The Bertz CT molecular complexity index is 549. The second kappa shape index (κ2) is 6.90. The zero-order valence-corrected chi connectivity index (χ0v) is 14.4. The fourth-order valence-electron chi connectivity index (χ4n) is 2.40. The van der Waals surface area contributed by atoms with Gasteiger partial charge in [-0.1, -0.05) is 32.4 Å². The molecule has 21 heavy (non-hydrogen) atoms. The van der Waals surface area contributed by atoms with E-state index in [0.717, 1.165) is 18.5 Å². The van der Waals surface area contributed by atoms with Gasteiger partial charge in [0.15, 0.2) is 9.84 Å². The van der Waals surface area contributed by atoms with Crippen molar-refractivity contribution in [3.05, 3.63) is 29.8 Å². The molecule has 0 spiro atoms. The Morgan fingerprint density at radius 1 is 1.29 bits per heavy atom. The van der Waals surface area contributed by atoms with Gasteiger partial charge < -0.3 is 10.0 Å². The summed E-state index contributed by atoms with van der Waals surface area (Å²) in [5.74, 6) is 0.582. The predicted molar refractivity (Wildman–Crippen MR) is 86.1 cm³/mol. The summed E-state index contributed by atoms with van der Waals surface area (Å²) in [4.78, 5) is 2.38. The van der Waals surface area contributed by atoms with Crippen molar-refractivity contribution in [2.24, 2.45) is 5.92 Å². The fraction of sp³-hybridized carbons (Fsp3) is 0.625. The van der Waals surface area contributed by atoms with E-state index in [-0.39, 0.29) is 4.90 Å². The van der Waals surface area contributed by atoms with Crippen molar-refractivity contribution in [2.75, 3.05) is 26.4 Å². The van der Waals surface area contributed by atoms with Crippen LogP contribution in [-0.4, -0.2) is 44.8 Å². The number of likely N-dealkylation sites (N-methyl/N-ethyl adjacent to an activating group) is 1. The normalized spacial score (nSPS) is 16.7. The van der Waals surface area contributed by atoms with Crippen LogP contribution in [0.2, 0.25) is 0 Å². The summed E-state index contributed by atoms with van der Waals surface area (Å²) in [6.07, 6.45) is 2.29. The van der Waals surface area contributed by atoms with Crippen molar-refractivity contribution in [2.45, 2.75) is 37.7 Å². The number of hydrogen-bond donors (Lipinski definition) is 1. The SMILES string of the molecule is CCC(C)CN(C)CC(C)(O)c1ccc(S(C)(=O)=O)cc1. The molecule has 0 aliphatic carbocycles. The molecule has 1 N–H and O–H groups in total. The molecular formula is C16H27NO3S. The van der Waals surface area contributed by atoms with Crippen molar-refractivity contribution in [3.8, 4) is 0 Å². The highest BCUT2D eigenvalue weighted by molar-refractivity contribution is 7.90. The lowest BCUT2D eigenvalue weighted by Gasteiger charge is -2.31. The average molecular weight is 313 g/mol. The first-order valence-corrected chi connectivity index (χ1v) is 9.17. The van der Waals surface area contributed by atoms with Crippen molar-refractivity contribution in [3.63, 3.8) is 0 Å². The first-order chi connectivity index (χ1) is 9.56. The Labute approximate surface area is 128 Å². The molecule has 0 bridgehead atoms. The lowest BCUT2D eigenvalue weighted by molar-refractivity contribution is 0.0200. The van der Waals surface area contributed by atoms with Gasteiger partial charge in [0.2, 0.25) is 0 Å². The van der Waals surface area contributed by atoms with Crippen molar-refractivity contribution >= 4 is 9.84 Å². The van der Waals surface area contributed by atoms with Gasteiger partial charge in [-0.25, -0.2) is 8.42 Å². The molecule has 0 amide bonds. The number of sulfone groups is 1. The summed E-state index contributed by atoms with van der Waals surface area (Å²) < 4.78 is 22.9. The molecule has 2 atom stereocenters. The predicted octanol–water partition coefficient (Wildman–Crippen LogP) is 2.28. The topological polar surface area (TPSA) is 57.6 Å². The van der Waals surface area contributed by atoms with Crippen LogP contribution in [0.25, 0.3) is 0 Å². The minimum Gasteiger partial charge on any atom is -0.384 e. The molecule has 0 fully saturated rings. The molecule has 0 saturated heterocycles. The van der Waals surface area contributed by atoms with E-state index < -0.39 is 15.4 Å². The Balaban J connectivity index is 2.83. The number of rotatable bonds is 7. The van der Waals surface area contributed by atoms with Crippen LogP contribution in [-0.2, 0) is 15.4 Å². The van der Waals surface area contributed by atoms with Crippen molar-refractivity contribution in [1.82, 2.24) is 4.90 Å². The monoisotopic (exact) mass is 313 g/mol. The molecular weight excluding hydrogens is 286 g/mol. The van der Waals surface area contributed by atoms with Crippen LogP contribution in [0.1, 0.15) is 32.8 Å². The van der Waals surface area contributed by atoms with E-state index in [9.17, 15) is 13.5 Å². The maximum atomic E-state index is 11.5. The van der Waals surface area contributed by atoms with Gasteiger partial charge in [0.25, 0.3) is 0 Å². The summed E-state index contributed by atoms with van der Waals surface area (Å²) in [6, 6.07) is 6.47. The largest absolute Gasteiger partial charge is 0.384 e. The van der Waals surface area contributed by atoms with Crippen molar-refractivity contribution < 1.29 is 13.5 Å². The molecule has 5 heteroatoms. The third kappa shape index (κ3) is 5.41. The van der Waals surface area contributed by atoms with E-state index in [2.05, 4.69) is 18.7 Å². The summed E-state index contributed by atoms with van der Waals surface area (Å²) in [5, 5.41) is 10.6. The van der Waals surface area contributed by atoms with E-state index >= 15 is 0 Å². The third-order valence-corrected chi connectivity index (χ3v) is 4.93. The van der Waals surface area contributed by atoms with Gasteiger partial charge >= 0.3 is 0 Å². The average Bonchev–Trinajstić information content (AvgIpc) is 2.37. The Morgan fingerprint density at radius 3 is 2.24 bits per heavy atom. The molecule has 1 aromatic carbocycles. The quantitative estimate of drug-likeness (QED) is 0.839. The lowest BCUT2D eigenvalue weighted by atomic mass is 9.95. The maximum Gasteiger partial charge on any atom is 0.175 e. The molecule has 120 valence electrons. The molecule has 0 heterocycles.